The lowest BCUT2D eigenvalue weighted by atomic mass is 10.1. The van der Waals surface area contributed by atoms with Crippen LogP contribution in [0.5, 0.6) is 5.75 Å². The van der Waals surface area contributed by atoms with Crippen LogP contribution in [0, 0.1) is 0 Å². The highest BCUT2D eigenvalue weighted by molar-refractivity contribution is 5.94. The normalized spacial score (nSPS) is 17.1. The van der Waals surface area contributed by atoms with Gasteiger partial charge in [-0.05, 0) is 30.2 Å². The van der Waals surface area contributed by atoms with E-state index in [1.807, 2.05) is 24.3 Å². The summed E-state index contributed by atoms with van der Waals surface area (Å²) in [6.45, 7) is 1.18. The Labute approximate surface area is 140 Å². The molecule has 6 heteroatoms. The molecule has 2 heterocycles. The molecule has 1 aromatic heterocycles. The number of hydrogen-bond donors (Lipinski definition) is 1. The van der Waals surface area contributed by atoms with Crippen molar-refractivity contribution >= 4 is 11.8 Å². The molecule has 0 radical (unpaired) electrons. The van der Waals surface area contributed by atoms with Crippen molar-refractivity contribution in [3.05, 3.63) is 54.0 Å². The minimum absolute atomic E-state index is 0.0704. The molecule has 1 N–H and O–H groups in total. The molecular formula is C18H20N2O4. The molecule has 0 spiro atoms. The molecular weight excluding hydrogens is 308 g/mol. The second-order valence-electron chi connectivity index (χ2n) is 5.82. The number of benzene rings is 1. The molecule has 1 aliphatic rings. The van der Waals surface area contributed by atoms with Gasteiger partial charge in [0.1, 0.15) is 12.0 Å². The zero-order valence-electron chi connectivity index (χ0n) is 13.5. The van der Waals surface area contributed by atoms with Crippen LogP contribution in [-0.2, 0) is 11.2 Å². The van der Waals surface area contributed by atoms with Crippen LogP contribution in [0.3, 0.4) is 0 Å². The summed E-state index contributed by atoms with van der Waals surface area (Å²) in [6.07, 6.45) is 3.97. The molecule has 1 fully saturated rings. The third kappa shape index (κ3) is 3.76. The van der Waals surface area contributed by atoms with Crippen LogP contribution in [0.2, 0.25) is 0 Å². The minimum atomic E-state index is -0.210. The molecule has 0 saturated carbocycles. The summed E-state index contributed by atoms with van der Waals surface area (Å²) < 4.78 is 10.0. The van der Waals surface area contributed by atoms with Crippen LogP contribution in [0.1, 0.15) is 22.3 Å². The second-order valence-corrected chi connectivity index (χ2v) is 5.82. The number of furan rings is 1. The molecule has 1 aliphatic heterocycles. The van der Waals surface area contributed by atoms with Gasteiger partial charge in [0.2, 0.25) is 5.91 Å². The number of amides is 2. The highest BCUT2D eigenvalue weighted by atomic mass is 16.5. The third-order valence-electron chi connectivity index (χ3n) is 4.16. The van der Waals surface area contributed by atoms with Gasteiger partial charge in [-0.15, -0.1) is 0 Å². The molecule has 1 atom stereocenters. The molecule has 2 aromatic rings. The fourth-order valence-corrected chi connectivity index (χ4v) is 2.80. The predicted molar refractivity (Wildman–Crippen MR) is 87.9 cm³/mol. The minimum Gasteiger partial charge on any atom is -0.497 e. The van der Waals surface area contributed by atoms with Gasteiger partial charge in [-0.25, -0.2) is 0 Å². The topological polar surface area (TPSA) is 71.8 Å². The van der Waals surface area contributed by atoms with Gasteiger partial charge in [0.25, 0.3) is 5.91 Å². The van der Waals surface area contributed by atoms with E-state index < -0.39 is 0 Å². The Kier molecular flexibility index (Phi) is 4.84. The average Bonchev–Trinajstić information content (AvgIpc) is 3.23. The Balaban J connectivity index is 1.50. The molecule has 1 aromatic carbocycles. The van der Waals surface area contributed by atoms with E-state index in [0.717, 1.165) is 17.7 Å². The van der Waals surface area contributed by atoms with Gasteiger partial charge < -0.3 is 19.4 Å². The molecule has 0 aliphatic carbocycles. The van der Waals surface area contributed by atoms with Crippen molar-refractivity contribution in [2.75, 3.05) is 20.2 Å². The Morgan fingerprint density at radius 2 is 2.12 bits per heavy atom. The average molecular weight is 328 g/mol. The number of likely N-dealkylation sites (tertiary alicyclic amines) is 1. The first-order chi connectivity index (χ1) is 11.7. The summed E-state index contributed by atoms with van der Waals surface area (Å²) in [7, 11) is 1.63. The maximum atomic E-state index is 12.1. The van der Waals surface area contributed by atoms with E-state index in [-0.39, 0.29) is 17.9 Å². The van der Waals surface area contributed by atoms with Gasteiger partial charge in [-0.3, -0.25) is 9.59 Å². The summed E-state index contributed by atoms with van der Waals surface area (Å²) in [5.74, 6) is 0.678. The monoisotopic (exact) mass is 328 g/mol. The highest BCUT2D eigenvalue weighted by Gasteiger charge is 2.30. The predicted octanol–water partition coefficient (Wildman–Crippen LogP) is 1.86. The van der Waals surface area contributed by atoms with Crippen LogP contribution in [-0.4, -0.2) is 43.0 Å². The maximum Gasteiger partial charge on any atom is 0.254 e. The summed E-state index contributed by atoms with van der Waals surface area (Å²) in [5, 5.41) is 2.88. The smallest absolute Gasteiger partial charge is 0.254 e. The number of rotatable bonds is 6. The number of ether oxygens (including phenoxy) is 1. The highest BCUT2D eigenvalue weighted by Crippen LogP contribution is 2.15. The Morgan fingerprint density at radius 3 is 2.79 bits per heavy atom. The van der Waals surface area contributed by atoms with Crippen LogP contribution in [0.4, 0.5) is 0 Å². The lowest BCUT2D eigenvalue weighted by molar-refractivity contribution is -0.127. The first-order valence-electron chi connectivity index (χ1n) is 7.89. The molecule has 2 amide bonds. The summed E-state index contributed by atoms with van der Waals surface area (Å²) >= 11 is 0. The molecule has 24 heavy (non-hydrogen) atoms. The molecule has 0 bridgehead atoms. The number of nitrogens with one attached hydrogen (secondary N) is 1. The number of hydrogen-bond acceptors (Lipinski definition) is 4. The molecule has 126 valence electrons. The Hall–Kier alpha value is -2.76. The fourth-order valence-electron chi connectivity index (χ4n) is 2.80. The van der Waals surface area contributed by atoms with Crippen molar-refractivity contribution in [2.24, 2.45) is 0 Å². The lowest BCUT2D eigenvalue weighted by Crippen LogP contribution is -2.37. The summed E-state index contributed by atoms with van der Waals surface area (Å²) in [5.41, 5.74) is 1.62. The Bertz CT molecular complexity index is 694. The van der Waals surface area contributed by atoms with Crippen molar-refractivity contribution < 1.29 is 18.7 Å². The first kappa shape index (κ1) is 16.1. The van der Waals surface area contributed by atoms with Gasteiger partial charge in [0.05, 0.1) is 25.0 Å². The second kappa shape index (κ2) is 7.21. The Morgan fingerprint density at radius 1 is 1.33 bits per heavy atom. The van der Waals surface area contributed by atoms with E-state index in [1.165, 1.54) is 12.5 Å². The maximum absolute atomic E-state index is 12.1. The number of nitrogens with zero attached hydrogens (tertiary/aromatic N) is 1. The van der Waals surface area contributed by atoms with E-state index in [1.54, 1.807) is 18.1 Å². The summed E-state index contributed by atoms with van der Waals surface area (Å²) in [4.78, 5) is 25.9. The van der Waals surface area contributed by atoms with Gasteiger partial charge in [-0.1, -0.05) is 12.1 Å². The molecule has 3 rings (SSSR count). The van der Waals surface area contributed by atoms with Crippen molar-refractivity contribution in [3.63, 3.8) is 0 Å². The standard InChI is InChI=1S/C18H20N2O4/c1-23-16-4-2-13(3-5-16)6-8-20-11-15(10-17(20)21)19-18(22)14-7-9-24-12-14/h2-5,7,9,12,15H,6,8,10-11H2,1H3,(H,19,22). The van der Waals surface area contributed by atoms with E-state index in [9.17, 15) is 9.59 Å². The summed E-state index contributed by atoms with van der Waals surface area (Å²) in [6, 6.07) is 9.27. The van der Waals surface area contributed by atoms with E-state index in [0.29, 0.717) is 25.1 Å². The van der Waals surface area contributed by atoms with Crippen molar-refractivity contribution in [1.82, 2.24) is 10.2 Å². The first-order valence-corrected chi connectivity index (χ1v) is 7.89. The van der Waals surface area contributed by atoms with Crippen LogP contribution in [0.25, 0.3) is 0 Å². The van der Waals surface area contributed by atoms with Crippen LogP contribution >= 0.6 is 0 Å². The number of methoxy groups -OCH3 is 1. The van der Waals surface area contributed by atoms with Crippen LogP contribution < -0.4 is 10.1 Å². The molecule has 1 saturated heterocycles. The van der Waals surface area contributed by atoms with Gasteiger partial charge in [0, 0.05) is 19.5 Å². The quantitative estimate of drug-likeness (QED) is 0.878. The zero-order chi connectivity index (χ0) is 16.9. The molecule has 1 unspecified atom stereocenters. The van der Waals surface area contributed by atoms with E-state index in [2.05, 4.69) is 5.32 Å². The van der Waals surface area contributed by atoms with Gasteiger partial charge >= 0.3 is 0 Å². The van der Waals surface area contributed by atoms with E-state index >= 15 is 0 Å². The zero-order valence-corrected chi connectivity index (χ0v) is 13.5. The van der Waals surface area contributed by atoms with Crippen LogP contribution in [0.15, 0.2) is 47.3 Å². The van der Waals surface area contributed by atoms with Gasteiger partial charge in [0.15, 0.2) is 0 Å². The SMILES string of the molecule is COc1ccc(CCN2CC(NC(=O)c3ccoc3)CC2=O)cc1. The third-order valence-corrected chi connectivity index (χ3v) is 4.16. The van der Waals surface area contributed by atoms with Crippen molar-refractivity contribution in [2.45, 2.75) is 18.9 Å². The van der Waals surface area contributed by atoms with Crippen molar-refractivity contribution in [1.29, 1.82) is 0 Å². The largest absolute Gasteiger partial charge is 0.497 e. The van der Waals surface area contributed by atoms with E-state index in [4.69, 9.17) is 9.15 Å². The number of carbonyl (C=O) groups is 2. The van der Waals surface area contributed by atoms with Crippen molar-refractivity contribution in [3.8, 4) is 5.75 Å². The molecule has 6 nitrogen and oxygen atoms in total. The van der Waals surface area contributed by atoms with Gasteiger partial charge in [-0.2, -0.15) is 0 Å². The number of carbonyl (C=O) groups excluding carboxylic acids is 2. The lowest BCUT2D eigenvalue weighted by Gasteiger charge is -2.17. The fraction of sp³-hybridized carbons (Fsp3) is 0.333.